The molecule has 254 valence electrons. The van der Waals surface area contributed by atoms with E-state index in [0.717, 1.165) is 41.0 Å². The second-order valence-electron chi connectivity index (χ2n) is 15.3. The van der Waals surface area contributed by atoms with Crippen LogP contribution >= 0.6 is 0 Å². The van der Waals surface area contributed by atoms with E-state index < -0.39 is 0 Å². The molecule has 2 aromatic heterocycles. The quantitative estimate of drug-likeness (QED) is 0.169. The monoisotopic (exact) mass is 663 g/mol. The first-order valence-corrected chi connectivity index (χ1v) is 18.0. The zero-order valence-electron chi connectivity index (χ0n) is 29.4. The Morgan fingerprint density at radius 3 is 2.58 bits per heavy atom. The van der Waals surface area contributed by atoms with Gasteiger partial charge in [-0.05, 0) is 111 Å². The van der Waals surface area contributed by atoms with E-state index in [4.69, 9.17) is 4.98 Å². The van der Waals surface area contributed by atoms with Crippen molar-refractivity contribution in [3.05, 3.63) is 114 Å². The maximum absolute atomic E-state index is 12.9. The number of benzene rings is 4. The molecule has 8 rings (SSSR count). The average molecular weight is 664 g/mol. The minimum absolute atomic E-state index is 0.0679. The minimum atomic E-state index is -0.186. The Kier molecular flexibility index (Phi) is 8.13. The fourth-order valence-corrected chi connectivity index (χ4v) is 9.22. The number of imidazole rings is 1. The number of amides is 1. The first-order chi connectivity index (χ1) is 24.2. The number of rotatable bonds is 8. The molecule has 50 heavy (non-hydrogen) atoms. The molecule has 1 saturated carbocycles. The lowest BCUT2D eigenvalue weighted by molar-refractivity contribution is -0.115. The molecule has 2 aliphatic rings. The molecule has 0 unspecified atom stereocenters. The summed E-state index contributed by atoms with van der Waals surface area (Å²) in [6.45, 7) is 10.5. The van der Waals surface area contributed by atoms with Gasteiger partial charge in [-0.1, -0.05) is 101 Å². The van der Waals surface area contributed by atoms with E-state index in [1.165, 1.54) is 36.8 Å². The van der Waals surface area contributed by atoms with E-state index in [2.05, 4.69) is 131 Å². The van der Waals surface area contributed by atoms with Gasteiger partial charge in [-0.15, -0.1) is 5.10 Å². The summed E-state index contributed by atoms with van der Waals surface area (Å²) >= 11 is 0. The van der Waals surface area contributed by atoms with Gasteiger partial charge in [0.05, 0.1) is 17.5 Å². The summed E-state index contributed by atoms with van der Waals surface area (Å²) in [4.78, 5) is 18.2. The predicted octanol–water partition coefficient (Wildman–Crippen LogP) is 8.90. The fraction of sp³-hybridized carbons (Fsp3) is 0.357. The van der Waals surface area contributed by atoms with Crippen molar-refractivity contribution in [2.45, 2.75) is 84.1 Å². The summed E-state index contributed by atoms with van der Waals surface area (Å²) in [5, 5.41) is 16.7. The third-order valence-electron chi connectivity index (χ3n) is 11.7. The van der Waals surface area contributed by atoms with Gasteiger partial charge in [0, 0.05) is 17.8 Å². The zero-order chi connectivity index (χ0) is 34.5. The molecule has 0 spiro atoms. The summed E-state index contributed by atoms with van der Waals surface area (Å²) in [6.07, 6.45) is 6.01. The molecule has 1 amide bonds. The second-order valence-corrected chi connectivity index (χ2v) is 15.3. The Morgan fingerprint density at radius 2 is 1.78 bits per heavy atom. The molecular formula is C42H45N7O. The van der Waals surface area contributed by atoms with Crippen LogP contribution in [0.2, 0.25) is 0 Å². The van der Waals surface area contributed by atoms with Crippen molar-refractivity contribution >= 4 is 22.6 Å². The van der Waals surface area contributed by atoms with Gasteiger partial charge >= 0.3 is 0 Å². The number of H-pyrrole nitrogens is 1. The van der Waals surface area contributed by atoms with Crippen molar-refractivity contribution in [1.82, 2.24) is 30.2 Å². The van der Waals surface area contributed by atoms with Gasteiger partial charge < -0.3 is 9.88 Å². The summed E-state index contributed by atoms with van der Waals surface area (Å²) in [7, 11) is 0. The highest BCUT2D eigenvalue weighted by molar-refractivity contribution is 5.93. The molecule has 0 aliphatic heterocycles. The van der Waals surface area contributed by atoms with Crippen LogP contribution in [0.4, 0.5) is 5.69 Å². The second kappa shape index (κ2) is 12.7. The van der Waals surface area contributed by atoms with E-state index in [0.29, 0.717) is 23.3 Å². The lowest BCUT2D eigenvalue weighted by Gasteiger charge is -2.56. The van der Waals surface area contributed by atoms with E-state index in [1.807, 2.05) is 18.2 Å². The smallest absolute Gasteiger partial charge is 0.232 e. The number of hydrogen-bond acceptors (Lipinski definition) is 5. The number of fused-ring (bicyclic) bond motifs is 4. The zero-order valence-corrected chi connectivity index (χ0v) is 29.4. The van der Waals surface area contributed by atoms with Gasteiger partial charge in [-0.25, -0.2) is 10.1 Å². The van der Waals surface area contributed by atoms with Crippen LogP contribution in [-0.2, 0) is 29.6 Å². The number of nitrogens with one attached hydrogen (secondary N) is 2. The van der Waals surface area contributed by atoms with Crippen LogP contribution in [0.15, 0.2) is 91.0 Å². The van der Waals surface area contributed by atoms with E-state index in [1.54, 1.807) is 11.1 Å². The molecule has 0 bridgehead atoms. The molecule has 6 aromatic rings. The molecule has 0 radical (unpaired) electrons. The largest absolute Gasteiger partial charge is 0.326 e. The van der Waals surface area contributed by atoms with Gasteiger partial charge in [0.15, 0.2) is 5.82 Å². The maximum atomic E-state index is 12.9. The molecular weight excluding hydrogens is 619 g/mol. The standard InChI is InChI=1S/C42H45N7O/c1-27(2)29-14-17-34-31(22-29)16-19-37-41(3,20-9-21-42(34,37)4)26-49-36-18-15-30(28-10-6-5-7-11-28)24-35(36)44-40(49)32-12-8-13-33(23-32)43-39(50)25-38-45-47-48-46-38/h5-8,10-15,17-18,22-24,27,37H,9,16,19-21,25-26H2,1-4H3,(H,43,50)(H,45,46,47,48)/t37-,41+,42+/m0/s1. The Balaban J connectivity index is 1.19. The number of tetrazole rings is 1. The molecule has 4 aromatic carbocycles. The van der Waals surface area contributed by atoms with Crippen LogP contribution in [0.25, 0.3) is 33.5 Å². The highest BCUT2D eigenvalue weighted by Crippen LogP contribution is 2.58. The maximum Gasteiger partial charge on any atom is 0.232 e. The van der Waals surface area contributed by atoms with Gasteiger partial charge in [0.2, 0.25) is 5.91 Å². The highest BCUT2D eigenvalue weighted by Gasteiger charge is 2.52. The van der Waals surface area contributed by atoms with Crippen LogP contribution < -0.4 is 5.32 Å². The summed E-state index contributed by atoms with van der Waals surface area (Å²) < 4.78 is 2.47. The normalized spacial score (nSPS) is 21.6. The molecule has 2 heterocycles. The Morgan fingerprint density at radius 1 is 0.940 bits per heavy atom. The minimum Gasteiger partial charge on any atom is -0.326 e. The van der Waals surface area contributed by atoms with Gasteiger partial charge in [-0.2, -0.15) is 0 Å². The van der Waals surface area contributed by atoms with Crippen molar-refractivity contribution in [2.24, 2.45) is 11.3 Å². The van der Waals surface area contributed by atoms with Crippen LogP contribution in [0.5, 0.6) is 0 Å². The molecule has 0 saturated heterocycles. The highest BCUT2D eigenvalue weighted by atomic mass is 16.1. The van der Waals surface area contributed by atoms with Crippen molar-refractivity contribution < 1.29 is 4.79 Å². The molecule has 2 aliphatic carbocycles. The van der Waals surface area contributed by atoms with Gasteiger partial charge in [-0.3, -0.25) is 4.79 Å². The van der Waals surface area contributed by atoms with Crippen LogP contribution in [0.1, 0.15) is 81.8 Å². The fourth-order valence-electron chi connectivity index (χ4n) is 9.22. The van der Waals surface area contributed by atoms with Crippen LogP contribution in [0, 0.1) is 11.3 Å². The van der Waals surface area contributed by atoms with E-state index >= 15 is 0 Å². The van der Waals surface area contributed by atoms with Crippen molar-refractivity contribution in [3.8, 4) is 22.5 Å². The lowest BCUT2D eigenvalue weighted by atomic mass is 9.49. The topological polar surface area (TPSA) is 101 Å². The third-order valence-corrected chi connectivity index (χ3v) is 11.7. The number of carbonyl (C=O) groups excluding carboxylic acids is 1. The Bertz CT molecular complexity index is 2170. The molecule has 8 heteroatoms. The molecule has 2 N–H and O–H groups in total. The van der Waals surface area contributed by atoms with E-state index in [-0.39, 0.29) is 23.2 Å². The summed E-state index contributed by atoms with van der Waals surface area (Å²) in [6, 6.07) is 32.6. The summed E-state index contributed by atoms with van der Waals surface area (Å²) in [5.74, 6) is 2.25. The summed E-state index contributed by atoms with van der Waals surface area (Å²) in [5.41, 5.74) is 10.9. The third kappa shape index (κ3) is 5.80. The van der Waals surface area contributed by atoms with Crippen molar-refractivity contribution in [2.75, 3.05) is 5.32 Å². The molecule has 8 nitrogen and oxygen atoms in total. The lowest BCUT2D eigenvalue weighted by Crippen LogP contribution is -2.50. The Labute approximate surface area is 293 Å². The SMILES string of the molecule is CC(C)c1ccc2c(c1)CC[C@H]1[C@@](C)(Cn3c(-c4cccc(NC(=O)Cc5nnn[nH]5)c4)nc4cc(-c5ccccc5)ccc43)CCC[C@]21C. The van der Waals surface area contributed by atoms with Crippen molar-refractivity contribution in [3.63, 3.8) is 0 Å². The Hall–Kier alpha value is -5.11. The number of aryl methyl sites for hydroxylation is 1. The van der Waals surface area contributed by atoms with Crippen LogP contribution in [0.3, 0.4) is 0 Å². The number of anilines is 1. The number of nitrogens with zero attached hydrogens (tertiary/aromatic N) is 5. The average Bonchev–Trinajstić information content (AvgIpc) is 3.76. The molecule has 1 fully saturated rings. The van der Waals surface area contributed by atoms with E-state index in [9.17, 15) is 4.79 Å². The number of aromatic amines is 1. The van der Waals surface area contributed by atoms with Crippen molar-refractivity contribution in [1.29, 1.82) is 0 Å². The van der Waals surface area contributed by atoms with Gasteiger partial charge in [0.25, 0.3) is 0 Å². The molecule has 3 atom stereocenters. The van der Waals surface area contributed by atoms with Crippen LogP contribution in [-0.4, -0.2) is 36.1 Å². The number of hydrogen-bond donors (Lipinski definition) is 2. The number of aromatic nitrogens is 6. The predicted molar refractivity (Wildman–Crippen MR) is 199 cm³/mol. The first-order valence-electron chi connectivity index (χ1n) is 18.0. The van der Waals surface area contributed by atoms with Gasteiger partial charge in [0.1, 0.15) is 5.82 Å². The number of carbonyl (C=O) groups is 1. The first kappa shape index (κ1) is 32.1.